The van der Waals surface area contributed by atoms with Gasteiger partial charge in [0.05, 0.1) is 68.1 Å². The van der Waals surface area contributed by atoms with Crippen molar-refractivity contribution in [2.75, 3.05) is 19.8 Å². The van der Waals surface area contributed by atoms with E-state index < -0.39 is 55.5 Å². The molecule has 10 rings (SSSR count). The van der Waals surface area contributed by atoms with Crippen molar-refractivity contribution in [2.45, 2.75) is 274 Å². The summed E-state index contributed by atoms with van der Waals surface area (Å²) in [6.45, 7) is 53.6. The Kier molecular flexibility index (Phi) is 26.0. The molecular formula is C86H124O11Si3. The number of benzene rings is 4. The van der Waals surface area contributed by atoms with Crippen LogP contribution >= 0.6 is 0 Å². The SMILES string of the molecule is C=CCOC/C=C/[C@H]1CC(=C)C(CC[C@H]2C[C@@H](C)C(=C)C(C[C@@H]3OC(C[C@H](C)CO[Si](C)(C)C(C)(C)C)[C@H](C)C3CC(=O)C[C@H]3CC[C@@H]4O[C@@H]5[C@@H](O[C@H](CC(C)C=C)[C@@H]5O[Si](c5ccccc5)(c5ccccc5)C(C)(C)C)[C@@H](O[Si](c5ccccc5)(c5ccccc5)C(C)(C)C)[C@H]4O3)O2)O1. The molecule has 4 aromatic carbocycles. The third-order valence-electron chi connectivity index (χ3n) is 23.7. The Hall–Kier alpha value is -4.50. The molecule has 0 aromatic heterocycles. The zero-order chi connectivity index (χ0) is 72.0. The van der Waals surface area contributed by atoms with Gasteiger partial charge in [-0.25, -0.2) is 0 Å². The minimum atomic E-state index is -3.31. The summed E-state index contributed by atoms with van der Waals surface area (Å²) in [7, 11) is -8.50. The third kappa shape index (κ3) is 17.6. The number of Topliss-reactive ketones (excluding diaryl/α,β-unsaturated/α-hetero) is 1. The molecule has 0 bridgehead atoms. The van der Waals surface area contributed by atoms with E-state index in [1.807, 2.05) is 12.2 Å². The number of rotatable bonds is 30. The van der Waals surface area contributed by atoms with E-state index in [0.717, 1.165) is 43.3 Å². The number of hydrogen-bond donors (Lipinski definition) is 0. The van der Waals surface area contributed by atoms with Crippen LogP contribution in [0.1, 0.15) is 161 Å². The highest BCUT2D eigenvalue weighted by atomic mass is 28.4. The van der Waals surface area contributed by atoms with E-state index in [2.05, 4.69) is 250 Å². The van der Waals surface area contributed by atoms with Gasteiger partial charge >= 0.3 is 0 Å². The van der Waals surface area contributed by atoms with Gasteiger partial charge in [-0.05, 0) is 135 Å². The molecule has 14 heteroatoms. The summed E-state index contributed by atoms with van der Waals surface area (Å²) < 4.78 is 73.3. The zero-order valence-corrected chi connectivity index (χ0v) is 66.5. The van der Waals surface area contributed by atoms with Gasteiger partial charge in [0.15, 0.2) is 8.32 Å². The van der Waals surface area contributed by atoms with E-state index in [1.165, 1.54) is 20.7 Å². The number of ether oxygens (including phenoxy) is 7. The lowest BCUT2D eigenvalue weighted by molar-refractivity contribution is -0.254. The number of ketones is 1. The highest BCUT2D eigenvalue weighted by Gasteiger charge is 2.65. The van der Waals surface area contributed by atoms with Crippen molar-refractivity contribution in [3.63, 3.8) is 0 Å². The van der Waals surface area contributed by atoms with Crippen LogP contribution in [0, 0.1) is 29.6 Å². The van der Waals surface area contributed by atoms with Gasteiger partial charge in [0.1, 0.15) is 36.3 Å². The van der Waals surface area contributed by atoms with Crippen molar-refractivity contribution < 1.29 is 51.2 Å². The van der Waals surface area contributed by atoms with Crippen molar-refractivity contribution in [3.8, 4) is 0 Å². The largest absolute Gasteiger partial charge is 0.417 e. The molecule has 6 fully saturated rings. The lowest BCUT2D eigenvalue weighted by atomic mass is 9.78. The first-order chi connectivity index (χ1) is 47.5. The predicted octanol–water partition coefficient (Wildman–Crippen LogP) is 16.6. The molecule has 0 aliphatic carbocycles. The number of allylic oxidation sites excluding steroid dienone is 1. The lowest BCUT2D eigenvalue weighted by Gasteiger charge is -2.53. The number of hydrogen-bond acceptors (Lipinski definition) is 11. The molecule has 4 aromatic rings. The minimum Gasteiger partial charge on any atom is -0.417 e. The molecule has 6 heterocycles. The smallest absolute Gasteiger partial charge is 0.261 e. The third-order valence-corrected chi connectivity index (χ3v) is 38.3. The maximum Gasteiger partial charge on any atom is 0.261 e. The van der Waals surface area contributed by atoms with Gasteiger partial charge < -0.3 is 46.4 Å². The molecule has 100 heavy (non-hydrogen) atoms. The Labute approximate surface area is 606 Å². The molecule has 6 aliphatic rings. The summed E-state index contributed by atoms with van der Waals surface area (Å²) in [6.07, 6.45) is 11.1. The van der Waals surface area contributed by atoms with Crippen LogP contribution in [0.2, 0.25) is 28.2 Å². The van der Waals surface area contributed by atoms with Gasteiger partial charge in [-0.1, -0.05) is 249 Å². The van der Waals surface area contributed by atoms with Crippen LogP contribution in [0.3, 0.4) is 0 Å². The first-order valence-electron chi connectivity index (χ1n) is 38.0. The van der Waals surface area contributed by atoms with Crippen LogP contribution in [-0.4, -0.2) is 136 Å². The first kappa shape index (κ1) is 78.1. The summed E-state index contributed by atoms with van der Waals surface area (Å²) in [5.41, 5.74) is 2.23. The Balaban J connectivity index is 0.946. The van der Waals surface area contributed by atoms with E-state index in [1.54, 1.807) is 6.08 Å². The summed E-state index contributed by atoms with van der Waals surface area (Å²) >= 11 is 0. The number of carbonyl (C=O) groups excluding carboxylic acids is 1. The molecule has 19 atom stereocenters. The lowest BCUT2D eigenvalue weighted by Crippen LogP contribution is -2.73. The van der Waals surface area contributed by atoms with Crippen molar-refractivity contribution in [2.24, 2.45) is 29.6 Å². The van der Waals surface area contributed by atoms with Gasteiger partial charge in [0.25, 0.3) is 16.6 Å². The average Bonchev–Trinajstić information content (AvgIpc) is 1.33. The van der Waals surface area contributed by atoms with Crippen molar-refractivity contribution >= 4 is 51.5 Å². The fourth-order valence-electron chi connectivity index (χ4n) is 17.0. The molecule has 0 saturated carbocycles. The standard InChI is InChI=1S/C86H124O11Si3/c1-20-48-88-49-34-35-65-53-61(6)73(90-65)46-44-66-52-60(5)62(7)76(91-66)56-77-72(63(8)75(93-77)51-59(4)57-89-98(18,19)84(9,10)11)55-64(87)54-67-45-47-74-79(92-67)83(97-100(86(15,16)17,70-40-30-24-31-41-70)71-42-32-25-33-43-71)82-81(94-74)80(78(95-82)50-58(3)21-2)96-99(85(12,13)14,68-36-26-22-27-37-68)69-38-28-23-29-39-69/h20-43,58-60,63,65-67,72-83H,1-2,6-7,44-57H2,3-5,8-19H3/b35-34+/t58?,59-,60+,63+,65-,66-,67+,72?,73?,74-,75?,76?,77-,78+,79-,80-,81-,82+,83-/m0/s1. The molecular weight excluding hydrogens is 1290 g/mol. The zero-order valence-electron chi connectivity index (χ0n) is 63.5. The Bertz CT molecular complexity index is 3260. The van der Waals surface area contributed by atoms with Crippen molar-refractivity contribution in [1.82, 2.24) is 0 Å². The second-order valence-corrected chi connectivity index (χ2v) is 47.5. The number of fused-ring (bicyclic) bond motifs is 2. The summed E-state index contributed by atoms with van der Waals surface area (Å²) in [5.74, 6) is 0.879. The van der Waals surface area contributed by atoms with Gasteiger partial charge in [-0.3, -0.25) is 4.79 Å². The Morgan fingerprint density at radius 3 is 1.70 bits per heavy atom. The van der Waals surface area contributed by atoms with Gasteiger partial charge in [0, 0.05) is 32.3 Å². The van der Waals surface area contributed by atoms with E-state index >= 15 is 4.79 Å². The molecule has 546 valence electrons. The topological polar surface area (TPSA) is 109 Å². The molecule has 5 unspecified atom stereocenters. The first-order valence-corrected chi connectivity index (χ1v) is 44.7. The highest BCUT2D eigenvalue weighted by Crippen LogP contribution is 2.50. The van der Waals surface area contributed by atoms with E-state index in [9.17, 15) is 0 Å². The minimum absolute atomic E-state index is 0.0108. The predicted molar refractivity (Wildman–Crippen MR) is 415 cm³/mol. The second kappa shape index (κ2) is 33.3. The quantitative estimate of drug-likeness (QED) is 0.0283. The molecule has 6 aliphatic heterocycles. The van der Waals surface area contributed by atoms with Gasteiger partial charge in [-0.2, -0.15) is 0 Å². The second-order valence-electron chi connectivity index (χ2n) is 34.2. The van der Waals surface area contributed by atoms with Crippen LogP contribution in [0.4, 0.5) is 0 Å². The van der Waals surface area contributed by atoms with Crippen LogP contribution < -0.4 is 20.7 Å². The number of carbonyl (C=O) groups is 1. The van der Waals surface area contributed by atoms with Crippen molar-refractivity contribution in [3.05, 3.63) is 183 Å². The fourth-order valence-corrected chi connectivity index (χ4v) is 27.5. The van der Waals surface area contributed by atoms with E-state index in [0.29, 0.717) is 51.9 Å². The monoisotopic (exact) mass is 1420 g/mol. The van der Waals surface area contributed by atoms with E-state index in [4.69, 9.17) is 53.0 Å². The molecule has 0 N–H and O–H groups in total. The van der Waals surface area contributed by atoms with Crippen LogP contribution in [-0.2, 0) is 51.2 Å². The summed E-state index contributed by atoms with van der Waals surface area (Å²) in [6, 6.07) is 43.6. The molecule has 6 saturated heterocycles. The summed E-state index contributed by atoms with van der Waals surface area (Å²) in [4.78, 5) is 15.5. The van der Waals surface area contributed by atoms with Gasteiger partial charge in [-0.15, -0.1) is 13.2 Å². The Morgan fingerprint density at radius 2 is 1.16 bits per heavy atom. The Morgan fingerprint density at radius 1 is 0.600 bits per heavy atom. The van der Waals surface area contributed by atoms with Crippen LogP contribution in [0.25, 0.3) is 0 Å². The van der Waals surface area contributed by atoms with Crippen LogP contribution in [0.15, 0.2) is 183 Å². The maximum atomic E-state index is 15.5. The molecule has 0 spiro atoms. The highest BCUT2D eigenvalue weighted by molar-refractivity contribution is 7.00. The molecule has 0 amide bonds. The molecule has 11 nitrogen and oxygen atoms in total. The normalized spacial score (nSPS) is 30.6. The fraction of sp³-hybridized carbons (Fsp3) is 0.593. The van der Waals surface area contributed by atoms with Crippen molar-refractivity contribution in [1.29, 1.82) is 0 Å². The summed E-state index contributed by atoms with van der Waals surface area (Å²) in [5, 5.41) is 4.16. The maximum absolute atomic E-state index is 15.5. The average molecular weight is 1420 g/mol. The molecule has 0 radical (unpaired) electrons. The van der Waals surface area contributed by atoms with Crippen LogP contribution in [0.5, 0.6) is 0 Å². The van der Waals surface area contributed by atoms with Gasteiger partial charge in [0.2, 0.25) is 0 Å². The van der Waals surface area contributed by atoms with E-state index in [-0.39, 0.29) is 112 Å².